The molecule has 5 nitrogen and oxygen atoms in total. The Morgan fingerprint density at radius 3 is 2.67 bits per heavy atom. The molecule has 2 unspecified atom stereocenters. The Labute approximate surface area is 125 Å². The number of piperazine rings is 1. The molecule has 0 saturated carbocycles. The number of amides is 1. The smallest absolute Gasteiger partial charge is 0.229 e. The minimum Gasteiger partial charge on any atom is -0.340 e. The summed E-state index contributed by atoms with van der Waals surface area (Å²) in [4.78, 5) is 21.1. The SMILES string of the molecule is NC1C=CC(C(=O)N2CCN(Cc3ccccn3)CC2)C1. The molecule has 3 rings (SSSR count). The van der Waals surface area contributed by atoms with Gasteiger partial charge >= 0.3 is 0 Å². The van der Waals surface area contributed by atoms with Gasteiger partial charge in [0.2, 0.25) is 5.91 Å². The van der Waals surface area contributed by atoms with E-state index in [4.69, 9.17) is 5.73 Å². The van der Waals surface area contributed by atoms with Gasteiger partial charge in [-0.15, -0.1) is 0 Å². The summed E-state index contributed by atoms with van der Waals surface area (Å²) in [5, 5.41) is 0. The number of rotatable bonds is 3. The van der Waals surface area contributed by atoms with Gasteiger partial charge in [-0.05, 0) is 18.6 Å². The van der Waals surface area contributed by atoms with Crippen molar-refractivity contribution >= 4 is 5.91 Å². The molecule has 1 aliphatic heterocycles. The topological polar surface area (TPSA) is 62.5 Å². The number of hydrogen-bond donors (Lipinski definition) is 1. The van der Waals surface area contributed by atoms with Crippen LogP contribution in [-0.4, -0.2) is 52.9 Å². The summed E-state index contributed by atoms with van der Waals surface area (Å²) in [5.74, 6) is 0.221. The van der Waals surface area contributed by atoms with Gasteiger partial charge in [-0.2, -0.15) is 0 Å². The fraction of sp³-hybridized carbons (Fsp3) is 0.500. The molecule has 0 bridgehead atoms. The van der Waals surface area contributed by atoms with Gasteiger partial charge in [0.25, 0.3) is 0 Å². The average Bonchev–Trinajstić information content (AvgIpc) is 2.95. The molecule has 2 atom stereocenters. The number of nitrogens with two attached hydrogens (primary N) is 1. The maximum absolute atomic E-state index is 12.4. The molecule has 112 valence electrons. The van der Waals surface area contributed by atoms with Crippen LogP contribution in [0.3, 0.4) is 0 Å². The summed E-state index contributed by atoms with van der Waals surface area (Å²) in [7, 11) is 0. The highest BCUT2D eigenvalue weighted by Crippen LogP contribution is 2.20. The van der Waals surface area contributed by atoms with Crippen LogP contribution in [0.4, 0.5) is 0 Å². The first-order valence-corrected chi connectivity index (χ1v) is 7.57. The van der Waals surface area contributed by atoms with E-state index in [1.807, 2.05) is 41.4 Å². The van der Waals surface area contributed by atoms with Crippen molar-refractivity contribution in [3.05, 3.63) is 42.2 Å². The van der Waals surface area contributed by atoms with E-state index >= 15 is 0 Å². The molecule has 0 radical (unpaired) electrons. The summed E-state index contributed by atoms with van der Waals surface area (Å²) in [6.45, 7) is 4.27. The van der Waals surface area contributed by atoms with Crippen LogP contribution in [0.5, 0.6) is 0 Å². The van der Waals surface area contributed by atoms with Crippen LogP contribution in [0.15, 0.2) is 36.5 Å². The lowest BCUT2D eigenvalue weighted by Crippen LogP contribution is -2.49. The highest BCUT2D eigenvalue weighted by molar-refractivity contribution is 5.81. The van der Waals surface area contributed by atoms with E-state index < -0.39 is 0 Å². The highest BCUT2D eigenvalue weighted by atomic mass is 16.2. The summed E-state index contributed by atoms with van der Waals surface area (Å²) >= 11 is 0. The molecule has 2 aliphatic rings. The third-order valence-electron chi connectivity index (χ3n) is 4.23. The van der Waals surface area contributed by atoms with E-state index in [0.29, 0.717) is 0 Å². The molecule has 1 fully saturated rings. The molecular formula is C16H22N4O. The molecule has 1 amide bonds. The molecule has 1 saturated heterocycles. The van der Waals surface area contributed by atoms with Gasteiger partial charge in [-0.1, -0.05) is 18.2 Å². The minimum absolute atomic E-state index is 0.0117. The lowest BCUT2D eigenvalue weighted by Gasteiger charge is -2.35. The van der Waals surface area contributed by atoms with Gasteiger partial charge in [-0.25, -0.2) is 0 Å². The predicted octanol–water partition coefficient (Wildman–Crippen LogP) is 0.629. The molecule has 2 N–H and O–H groups in total. The van der Waals surface area contributed by atoms with Gasteiger partial charge < -0.3 is 10.6 Å². The van der Waals surface area contributed by atoms with Crippen LogP contribution in [0, 0.1) is 5.92 Å². The third kappa shape index (κ3) is 3.49. The van der Waals surface area contributed by atoms with Crippen molar-refractivity contribution in [2.75, 3.05) is 26.2 Å². The quantitative estimate of drug-likeness (QED) is 0.828. The lowest BCUT2D eigenvalue weighted by molar-refractivity contribution is -0.135. The first-order valence-electron chi connectivity index (χ1n) is 7.57. The van der Waals surface area contributed by atoms with Crippen molar-refractivity contribution in [2.45, 2.75) is 19.0 Å². The summed E-state index contributed by atoms with van der Waals surface area (Å²) in [5.41, 5.74) is 6.91. The number of hydrogen-bond acceptors (Lipinski definition) is 4. The van der Waals surface area contributed by atoms with Crippen molar-refractivity contribution in [3.63, 3.8) is 0 Å². The maximum atomic E-state index is 12.4. The molecule has 21 heavy (non-hydrogen) atoms. The van der Waals surface area contributed by atoms with Crippen molar-refractivity contribution in [3.8, 4) is 0 Å². The van der Waals surface area contributed by atoms with E-state index in [0.717, 1.165) is 44.8 Å². The van der Waals surface area contributed by atoms with E-state index in [9.17, 15) is 4.79 Å². The first-order chi connectivity index (χ1) is 10.2. The first kappa shape index (κ1) is 14.2. The summed E-state index contributed by atoms with van der Waals surface area (Å²) in [6.07, 6.45) is 6.49. The monoisotopic (exact) mass is 286 g/mol. The zero-order chi connectivity index (χ0) is 14.7. The van der Waals surface area contributed by atoms with Gasteiger partial charge in [0.05, 0.1) is 11.6 Å². The van der Waals surface area contributed by atoms with Crippen molar-refractivity contribution in [1.82, 2.24) is 14.8 Å². The Bertz CT molecular complexity index is 508. The molecule has 0 spiro atoms. The number of carbonyl (C=O) groups excluding carboxylic acids is 1. The lowest BCUT2D eigenvalue weighted by atomic mass is 10.1. The van der Waals surface area contributed by atoms with Crippen molar-refractivity contribution < 1.29 is 4.79 Å². The number of nitrogens with zero attached hydrogens (tertiary/aromatic N) is 3. The Morgan fingerprint density at radius 1 is 1.24 bits per heavy atom. The Hall–Kier alpha value is -1.72. The largest absolute Gasteiger partial charge is 0.340 e. The van der Waals surface area contributed by atoms with Gasteiger partial charge in [0.1, 0.15) is 0 Å². The summed E-state index contributed by atoms with van der Waals surface area (Å²) in [6, 6.07) is 6.03. The van der Waals surface area contributed by atoms with E-state index in [-0.39, 0.29) is 17.9 Å². The molecule has 5 heteroatoms. The van der Waals surface area contributed by atoms with Gasteiger partial charge in [-0.3, -0.25) is 14.7 Å². The summed E-state index contributed by atoms with van der Waals surface area (Å²) < 4.78 is 0. The van der Waals surface area contributed by atoms with Crippen molar-refractivity contribution in [2.24, 2.45) is 11.7 Å². The molecule has 1 aliphatic carbocycles. The van der Waals surface area contributed by atoms with E-state index in [1.54, 1.807) is 0 Å². The Morgan fingerprint density at radius 2 is 2.05 bits per heavy atom. The Balaban J connectivity index is 1.49. The number of carbonyl (C=O) groups is 1. The zero-order valence-corrected chi connectivity index (χ0v) is 12.2. The van der Waals surface area contributed by atoms with E-state index in [1.165, 1.54) is 0 Å². The molecule has 0 aromatic carbocycles. The Kier molecular flexibility index (Phi) is 4.31. The number of aromatic nitrogens is 1. The fourth-order valence-corrected chi connectivity index (χ4v) is 2.99. The molecule has 1 aromatic heterocycles. The van der Waals surface area contributed by atoms with Gasteiger partial charge in [0, 0.05) is 45.0 Å². The highest BCUT2D eigenvalue weighted by Gasteiger charge is 2.29. The van der Waals surface area contributed by atoms with Crippen LogP contribution >= 0.6 is 0 Å². The van der Waals surface area contributed by atoms with Crippen LogP contribution in [-0.2, 0) is 11.3 Å². The fourth-order valence-electron chi connectivity index (χ4n) is 2.99. The zero-order valence-electron chi connectivity index (χ0n) is 12.2. The van der Waals surface area contributed by atoms with Crippen LogP contribution in [0.2, 0.25) is 0 Å². The molecular weight excluding hydrogens is 264 g/mol. The average molecular weight is 286 g/mol. The second kappa shape index (κ2) is 6.37. The second-order valence-corrected chi connectivity index (χ2v) is 5.81. The normalized spacial score (nSPS) is 26.2. The standard InChI is InChI=1S/C16H22N4O/c17-14-5-4-13(11-14)16(21)20-9-7-19(8-10-20)12-15-3-1-2-6-18-15/h1-6,13-14H,7-12,17H2. The van der Waals surface area contributed by atoms with Crippen LogP contribution in [0.25, 0.3) is 0 Å². The van der Waals surface area contributed by atoms with E-state index in [2.05, 4.69) is 9.88 Å². The number of pyridine rings is 1. The molecule has 1 aromatic rings. The molecule has 2 heterocycles. The minimum atomic E-state index is -0.0117. The maximum Gasteiger partial charge on any atom is 0.229 e. The predicted molar refractivity (Wildman–Crippen MR) is 81.3 cm³/mol. The van der Waals surface area contributed by atoms with Gasteiger partial charge in [0.15, 0.2) is 0 Å². The van der Waals surface area contributed by atoms with Crippen LogP contribution in [0.1, 0.15) is 12.1 Å². The van der Waals surface area contributed by atoms with Crippen molar-refractivity contribution in [1.29, 1.82) is 0 Å². The second-order valence-electron chi connectivity index (χ2n) is 5.81. The van der Waals surface area contributed by atoms with Crippen LogP contribution < -0.4 is 5.73 Å². The third-order valence-corrected chi connectivity index (χ3v) is 4.23.